The SMILES string of the molecule is CCCCCCCCN=C(N)Nc1ccccc1. The van der Waals surface area contributed by atoms with Gasteiger partial charge in [0, 0.05) is 12.2 Å². The van der Waals surface area contributed by atoms with Gasteiger partial charge in [0.1, 0.15) is 0 Å². The molecule has 0 saturated heterocycles. The van der Waals surface area contributed by atoms with Gasteiger partial charge in [0.25, 0.3) is 0 Å². The van der Waals surface area contributed by atoms with E-state index < -0.39 is 0 Å². The molecule has 3 nitrogen and oxygen atoms in total. The normalized spacial score (nSPS) is 11.5. The molecule has 0 aromatic heterocycles. The molecule has 18 heavy (non-hydrogen) atoms. The molecule has 0 radical (unpaired) electrons. The number of nitrogens with two attached hydrogens (primary N) is 1. The fraction of sp³-hybridized carbons (Fsp3) is 0.533. The predicted octanol–water partition coefficient (Wildman–Crippen LogP) is 3.77. The van der Waals surface area contributed by atoms with E-state index in [-0.39, 0.29) is 0 Å². The zero-order chi connectivity index (χ0) is 13.1. The minimum Gasteiger partial charge on any atom is -0.370 e. The molecule has 1 aromatic rings. The highest BCUT2D eigenvalue weighted by Gasteiger charge is 1.93. The summed E-state index contributed by atoms with van der Waals surface area (Å²) in [6.07, 6.45) is 7.68. The molecule has 0 heterocycles. The van der Waals surface area contributed by atoms with Crippen LogP contribution in [0.4, 0.5) is 5.69 Å². The second kappa shape index (κ2) is 9.51. The van der Waals surface area contributed by atoms with Crippen molar-refractivity contribution < 1.29 is 0 Å². The van der Waals surface area contributed by atoms with Gasteiger partial charge in [-0.1, -0.05) is 57.2 Å². The summed E-state index contributed by atoms with van der Waals surface area (Å²) in [7, 11) is 0. The molecule has 0 aliphatic heterocycles. The topological polar surface area (TPSA) is 50.4 Å². The van der Waals surface area contributed by atoms with Crippen LogP contribution in [0.2, 0.25) is 0 Å². The van der Waals surface area contributed by atoms with Crippen molar-refractivity contribution in [1.29, 1.82) is 0 Å². The van der Waals surface area contributed by atoms with Gasteiger partial charge in [0.05, 0.1) is 0 Å². The van der Waals surface area contributed by atoms with Crippen LogP contribution in [-0.2, 0) is 0 Å². The lowest BCUT2D eigenvalue weighted by molar-refractivity contribution is 0.612. The Bertz CT molecular complexity index is 333. The zero-order valence-electron chi connectivity index (χ0n) is 11.4. The van der Waals surface area contributed by atoms with Gasteiger partial charge in [-0.2, -0.15) is 0 Å². The maximum absolute atomic E-state index is 5.81. The first-order valence-electron chi connectivity index (χ1n) is 6.95. The number of anilines is 1. The molecule has 0 fully saturated rings. The highest BCUT2D eigenvalue weighted by Crippen LogP contribution is 2.06. The molecule has 1 rings (SSSR count). The van der Waals surface area contributed by atoms with E-state index in [9.17, 15) is 0 Å². The van der Waals surface area contributed by atoms with E-state index in [1.165, 1.54) is 32.1 Å². The minimum atomic E-state index is 0.509. The first-order valence-corrected chi connectivity index (χ1v) is 6.95. The Labute approximate surface area is 111 Å². The fourth-order valence-electron chi connectivity index (χ4n) is 1.80. The van der Waals surface area contributed by atoms with Crippen LogP contribution < -0.4 is 11.1 Å². The summed E-state index contributed by atoms with van der Waals surface area (Å²) in [4.78, 5) is 4.32. The standard InChI is InChI=1S/C15H25N3/c1-2-3-4-5-6-10-13-17-15(16)18-14-11-8-7-9-12-14/h7-9,11-12H,2-6,10,13H2,1H3,(H3,16,17,18). The lowest BCUT2D eigenvalue weighted by atomic mass is 10.1. The number of nitrogens with zero attached hydrogens (tertiary/aromatic N) is 1. The van der Waals surface area contributed by atoms with Gasteiger partial charge in [-0.25, -0.2) is 0 Å². The lowest BCUT2D eigenvalue weighted by Gasteiger charge is -2.05. The minimum absolute atomic E-state index is 0.509. The average molecular weight is 247 g/mol. The first kappa shape index (κ1) is 14.6. The van der Waals surface area contributed by atoms with E-state index in [0.717, 1.165) is 18.7 Å². The highest BCUT2D eigenvalue weighted by atomic mass is 15.1. The van der Waals surface area contributed by atoms with Gasteiger partial charge < -0.3 is 11.1 Å². The summed E-state index contributed by atoms with van der Waals surface area (Å²) in [5.74, 6) is 0.509. The van der Waals surface area contributed by atoms with Crippen LogP contribution in [0.3, 0.4) is 0 Å². The molecule has 3 heteroatoms. The smallest absolute Gasteiger partial charge is 0.193 e. The van der Waals surface area contributed by atoms with Crippen LogP contribution in [0.25, 0.3) is 0 Å². The van der Waals surface area contributed by atoms with Gasteiger partial charge in [-0.05, 0) is 18.6 Å². The molecule has 0 spiro atoms. The van der Waals surface area contributed by atoms with Crippen LogP contribution in [0, 0.1) is 0 Å². The van der Waals surface area contributed by atoms with Crippen LogP contribution >= 0.6 is 0 Å². The Balaban J connectivity index is 2.11. The van der Waals surface area contributed by atoms with Crippen LogP contribution in [0.5, 0.6) is 0 Å². The van der Waals surface area contributed by atoms with Gasteiger partial charge >= 0.3 is 0 Å². The number of para-hydroxylation sites is 1. The maximum Gasteiger partial charge on any atom is 0.193 e. The Kier molecular flexibility index (Phi) is 7.69. The van der Waals surface area contributed by atoms with Crippen LogP contribution in [0.1, 0.15) is 45.4 Å². The van der Waals surface area contributed by atoms with E-state index >= 15 is 0 Å². The summed E-state index contributed by atoms with van der Waals surface area (Å²) >= 11 is 0. The van der Waals surface area contributed by atoms with Crippen LogP contribution in [-0.4, -0.2) is 12.5 Å². The molecular formula is C15H25N3. The highest BCUT2D eigenvalue weighted by molar-refractivity contribution is 5.92. The Morgan fingerprint density at radius 1 is 1.06 bits per heavy atom. The number of hydrogen-bond acceptors (Lipinski definition) is 1. The lowest BCUT2D eigenvalue weighted by Crippen LogP contribution is -2.22. The second-order valence-electron chi connectivity index (χ2n) is 4.53. The molecule has 3 N–H and O–H groups in total. The average Bonchev–Trinajstić information content (AvgIpc) is 2.39. The molecular weight excluding hydrogens is 222 g/mol. The Hall–Kier alpha value is -1.51. The van der Waals surface area contributed by atoms with Gasteiger partial charge in [0.15, 0.2) is 5.96 Å². The van der Waals surface area contributed by atoms with Crippen molar-refractivity contribution in [2.24, 2.45) is 10.7 Å². The maximum atomic E-state index is 5.81. The van der Waals surface area contributed by atoms with Crippen molar-refractivity contribution in [1.82, 2.24) is 0 Å². The molecule has 0 saturated carbocycles. The third kappa shape index (κ3) is 6.94. The third-order valence-electron chi connectivity index (χ3n) is 2.84. The second-order valence-corrected chi connectivity index (χ2v) is 4.53. The molecule has 0 amide bonds. The van der Waals surface area contributed by atoms with Crippen molar-refractivity contribution in [3.05, 3.63) is 30.3 Å². The van der Waals surface area contributed by atoms with Crippen LogP contribution in [0.15, 0.2) is 35.3 Å². The quantitative estimate of drug-likeness (QED) is 0.417. The predicted molar refractivity (Wildman–Crippen MR) is 79.9 cm³/mol. The van der Waals surface area contributed by atoms with Crippen molar-refractivity contribution in [2.75, 3.05) is 11.9 Å². The number of aliphatic imine (C=N–C) groups is 1. The number of unbranched alkanes of at least 4 members (excludes halogenated alkanes) is 5. The molecule has 0 aliphatic rings. The number of benzene rings is 1. The van der Waals surface area contributed by atoms with E-state index in [2.05, 4.69) is 17.2 Å². The monoisotopic (exact) mass is 247 g/mol. The van der Waals surface area contributed by atoms with Crippen molar-refractivity contribution in [2.45, 2.75) is 45.4 Å². The largest absolute Gasteiger partial charge is 0.370 e. The number of guanidine groups is 1. The van der Waals surface area contributed by atoms with Gasteiger partial charge in [-0.3, -0.25) is 4.99 Å². The summed E-state index contributed by atoms with van der Waals surface area (Å²) in [5, 5.41) is 3.08. The number of hydrogen-bond donors (Lipinski definition) is 2. The molecule has 0 aliphatic carbocycles. The summed E-state index contributed by atoms with van der Waals surface area (Å²) in [5.41, 5.74) is 6.79. The zero-order valence-corrected chi connectivity index (χ0v) is 11.4. The molecule has 0 unspecified atom stereocenters. The van der Waals surface area contributed by atoms with E-state index in [1.807, 2.05) is 30.3 Å². The van der Waals surface area contributed by atoms with Gasteiger partial charge in [0.2, 0.25) is 0 Å². The van der Waals surface area contributed by atoms with E-state index in [0.29, 0.717) is 5.96 Å². The van der Waals surface area contributed by atoms with Gasteiger partial charge in [-0.15, -0.1) is 0 Å². The van der Waals surface area contributed by atoms with E-state index in [4.69, 9.17) is 5.73 Å². The fourth-order valence-corrected chi connectivity index (χ4v) is 1.80. The molecule has 100 valence electrons. The van der Waals surface area contributed by atoms with E-state index in [1.54, 1.807) is 0 Å². The summed E-state index contributed by atoms with van der Waals surface area (Å²) < 4.78 is 0. The molecule has 1 aromatic carbocycles. The molecule has 0 atom stereocenters. The Morgan fingerprint density at radius 3 is 2.44 bits per heavy atom. The molecule has 0 bridgehead atoms. The number of nitrogens with one attached hydrogen (secondary N) is 1. The number of rotatable bonds is 8. The summed E-state index contributed by atoms with van der Waals surface area (Å²) in [6.45, 7) is 3.05. The Morgan fingerprint density at radius 2 is 1.72 bits per heavy atom. The van der Waals surface area contributed by atoms with Crippen molar-refractivity contribution in [3.8, 4) is 0 Å². The third-order valence-corrected chi connectivity index (χ3v) is 2.84. The van der Waals surface area contributed by atoms with Crippen molar-refractivity contribution in [3.63, 3.8) is 0 Å². The first-order chi connectivity index (χ1) is 8.83. The van der Waals surface area contributed by atoms with Crippen molar-refractivity contribution >= 4 is 11.6 Å². The summed E-state index contributed by atoms with van der Waals surface area (Å²) in [6, 6.07) is 9.89.